The van der Waals surface area contributed by atoms with Gasteiger partial charge in [-0.2, -0.15) is 0 Å². The zero-order chi connectivity index (χ0) is 16.5. The first-order chi connectivity index (χ1) is 11.8. The molecule has 0 spiro atoms. The van der Waals surface area contributed by atoms with Crippen molar-refractivity contribution in [1.29, 1.82) is 0 Å². The lowest BCUT2D eigenvalue weighted by Gasteiger charge is -2.27. The molecule has 0 saturated carbocycles. The third-order valence-corrected chi connectivity index (χ3v) is 4.73. The van der Waals surface area contributed by atoms with Crippen LogP contribution < -0.4 is 10.5 Å². The van der Waals surface area contributed by atoms with Gasteiger partial charge in [-0.3, -0.25) is 0 Å². The Balaban J connectivity index is 1.95. The normalized spacial score (nSPS) is 18.0. The van der Waals surface area contributed by atoms with Gasteiger partial charge < -0.3 is 19.8 Å². The van der Waals surface area contributed by atoms with Crippen molar-refractivity contribution in [2.75, 3.05) is 19.5 Å². The molecule has 0 bridgehead atoms. The van der Waals surface area contributed by atoms with Gasteiger partial charge in [-0.25, -0.2) is 0 Å². The highest BCUT2D eigenvalue weighted by Crippen LogP contribution is 2.38. The quantitative estimate of drug-likeness (QED) is 0.717. The number of hydrogen-bond acceptors (Lipinski definition) is 3. The molecule has 4 rings (SSSR count). The zero-order valence-electron chi connectivity index (χ0n) is 13.9. The molecule has 2 heterocycles. The summed E-state index contributed by atoms with van der Waals surface area (Å²) in [6.45, 7) is 0.810. The molecule has 2 N–H and O–H groups in total. The van der Waals surface area contributed by atoms with Crippen LogP contribution in [-0.2, 0) is 4.74 Å². The number of benzene rings is 2. The summed E-state index contributed by atoms with van der Waals surface area (Å²) in [5.41, 5.74) is 10.3. The lowest BCUT2D eigenvalue weighted by Crippen LogP contribution is -2.18. The van der Waals surface area contributed by atoms with Crippen LogP contribution in [0, 0.1) is 0 Å². The number of ether oxygens (including phenoxy) is 2. The molecular formula is C20H22N2O2. The number of aromatic nitrogens is 1. The van der Waals surface area contributed by atoms with Crippen LogP contribution in [-0.4, -0.2) is 18.3 Å². The average molecular weight is 322 g/mol. The molecule has 0 radical (unpaired) electrons. The van der Waals surface area contributed by atoms with Gasteiger partial charge in [0.15, 0.2) is 0 Å². The van der Waals surface area contributed by atoms with Crippen LogP contribution in [0.4, 0.5) is 5.69 Å². The summed E-state index contributed by atoms with van der Waals surface area (Å²) >= 11 is 0. The van der Waals surface area contributed by atoms with E-state index in [2.05, 4.69) is 28.8 Å². The summed E-state index contributed by atoms with van der Waals surface area (Å²) in [7, 11) is 1.69. The van der Waals surface area contributed by atoms with Crippen LogP contribution in [0.3, 0.4) is 0 Å². The monoisotopic (exact) mass is 322 g/mol. The topological polar surface area (TPSA) is 49.4 Å². The maximum Gasteiger partial charge on any atom is 0.134 e. The molecular weight excluding hydrogens is 300 g/mol. The lowest BCUT2D eigenvalue weighted by atomic mass is 10.1. The highest BCUT2D eigenvalue weighted by molar-refractivity contribution is 5.90. The molecule has 1 aliphatic rings. The Morgan fingerprint density at radius 1 is 1.12 bits per heavy atom. The van der Waals surface area contributed by atoms with Crippen molar-refractivity contribution in [3.8, 4) is 17.0 Å². The van der Waals surface area contributed by atoms with E-state index in [1.807, 2.05) is 24.3 Å². The van der Waals surface area contributed by atoms with Gasteiger partial charge in [0, 0.05) is 23.2 Å². The van der Waals surface area contributed by atoms with Gasteiger partial charge in [0.05, 0.1) is 18.3 Å². The van der Waals surface area contributed by atoms with E-state index in [0.29, 0.717) is 0 Å². The van der Waals surface area contributed by atoms with Crippen LogP contribution in [0.5, 0.6) is 5.75 Å². The molecule has 1 aliphatic heterocycles. The Kier molecular flexibility index (Phi) is 3.90. The van der Waals surface area contributed by atoms with Gasteiger partial charge in [-0.15, -0.1) is 0 Å². The minimum Gasteiger partial charge on any atom is -0.497 e. The number of nitrogens with two attached hydrogens (primary N) is 1. The predicted molar refractivity (Wildman–Crippen MR) is 97.2 cm³/mol. The molecule has 0 amide bonds. The third-order valence-electron chi connectivity index (χ3n) is 4.73. The Morgan fingerprint density at radius 3 is 2.75 bits per heavy atom. The third kappa shape index (κ3) is 2.53. The summed E-state index contributed by atoms with van der Waals surface area (Å²) < 4.78 is 13.8. The number of hydrogen-bond donors (Lipinski definition) is 1. The SMILES string of the molecule is COc1ccc2c(c1)cc(-c1ccccc1N)n2C1CCCCO1. The van der Waals surface area contributed by atoms with E-state index in [4.69, 9.17) is 15.2 Å². The van der Waals surface area contributed by atoms with Crippen LogP contribution >= 0.6 is 0 Å². The van der Waals surface area contributed by atoms with E-state index in [-0.39, 0.29) is 6.23 Å². The fraction of sp³-hybridized carbons (Fsp3) is 0.300. The standard InChI is InChI=1S/C20H22N2O2/c1-23-15-9-10-18-14(12-15)13-19(16-6-2-3-7-17(16)21)22(18)20-8-4-5-11-24-20/h2-3,6-7,9-10,12-13,20H,4-5,8,11,21H2,1H3. The van der Waals surface area contributed by atoms with Gasteiger partial charge in [0.1, 0.15) is 12.0 Å². The van der Waals surface area contributed by atoms with E-state index < -0.39 is 0 Å². The van der Waals surface area contributed by atoms with Crippen molar-refractivity contribution < 1.29 is 9.47 Å². The molecule has 4 heteroatoms. The van der Waals surface area contributed by atoms with Crippen molar-refractivity contribution in [3.05, 3.63) is 48.5 Å². The van der Waals surface area contributed by atoms with Gasteiger partial charge in [0.25, 0.3) is 0 Å². The lowest BCUT2D eigenvalue weighted by molar-refractivity contribution is -0.0282. The van der Waals surface area contributed by atoms with Crippen LogP contribution in [0.15, 0.2) is 48.5 Å². The second-order valence-corrected chi connectivity index (χ2v) is 6.23. The zero-order valence-corrected chi connectivity index (χ0v) is 13.9. The first-order valence-electron chi connectivity index (χ1n) is 8.43. The number of nitrogens with zero attached hydrogens (tertiary/aromatic N) is 1. The second-order valence-electron chi connectivity index (χ2n) is 6.23. The largest absolute Gasteiger partial charge is 0.497 e. The van der Waals surface area contributed by atoms with E-state index >= 15 is 0 Å². The first-order valence-corrected chi connectivity index (χ1v) is 8.43. The van der Waals surface area contributed by atoms with Gasteiger partial charge in [0.2, 0.25) is 0 Å². The minimum atomic E-state index is 0.0549. The molecule has 24 heavy (non-hydrogen) atoms. The van der Waals surface area contributed by atoms with Gasteiger partial charge >= 0.3 is 0 Å². The Morgan fingerprint density at radius 2 is 2.00 bits per heavy atom. The average Bonchev–Trinajstić information content (AvgIpc) is 3.01. The van der Waals surface area contributed by atoms with E-state index in [0.717, 1.165) is 53.0 Å². The highest BCUT2D eigenvalue weighted by Gasteiger charge is 2.22. The Hall–Kier alpha value is -2.46. The molecule has 0 aliphatic carbocycles. The van der Waals surface area contributed by atoms with Crippen LogP contribution in [0.25, 0.3) is 22.2 Å². The fourth-order valence-corrected chi connectivity index (χ4v) is 3.52. The van der Waals surface area contributed by atoms with Crippen molar-refractivity contribution in [2.45, 2.75) is 25.5 Å². The smallest absolute Gasteiger partial charge is 0.134 e. The van der Waals surface area contributed by atoms with Gasteiger partial charge in [-0.05, 0) is 49.6 Å². The van der Waals surface area contributed by atoms with E-state index in [1.54, 1.807) is 7.11 Å². The number of fused-ring (bicyclic) bond motifs is 1. The maximum absolute atomic E-state index is 6.25. The predicted octanol–water partition coefficient (Wildman–Crippen LogP) is 4.60. The van der Waals surface area contributed by atoms with Crippen molar-refractivity contribution in [2.24, 2.45) is 0 Å². The Bertz CT molecular complexity index is 863. The molecule has 1 saturated heterocycles. The number of nitrogen functional groups attached to an aromatic ring is 1. The van der Waals surface area contributed by atoms with Crippen molar-refractivity contribution in [3.63, 3.8) is 0 Å². The first kappa shape index (κ1) is 15.1. The van der Waals surface area contributed by atoms with Crippen LogP contribution in [0.1, 0.15) is 25.5 Å². The maximum atomic E-state index is 6.25. The molecule has 1 unspecified atom stereocenters. The number of rotatable bonds is 3. The summed E-state index contributed by atoms with van der Waals surface area (Å²) in [6.07, 6.45) is 3.39. The molecule has 1 atom stereocenters. The van der Waals surface area contributed by atoms with Crippen molar-refractivity contribution >= 4 is 16.6 Å². The molecule has 1 aromatic heterocycles. The molecule has 124 valence electrons. The number of methoxy groups -OCH3 is 1. The van der Waals surface area contributed by atoms with E-state index in [1.165, 1.54) is 6.42 Å². The van der Waals surface area contributed by atoms with Crippen molar-refractivity contribution in [1.82, 2.24) is 4.57 Å². The fourth-order valence-electron chi connectivity index (χ4n) is 3.52. The summed E-state index contributed by atoms with van der Waals surface area (Å²) in [4.78, 5) is 0. The molecule has 1 fully saturated rings. The second kappa shape index (κ2) is 6.21. The number of anilines is 1. The molecule has 2 aromatic carbocycles. The Labute approximate surface area is 141 Å². The van der Waals surface area contributed by atoms with Crippen LogP contribution in [0.2, 0.25) is 0 Å². The summed E-state index contributed by atoms with van der Waals surface area (Å²) in [6, 6.07) is 16.4. The minimum absolute atomic E-state index is 0.0549. The summed E-state index contributed by atoms with van der Waals surface area (Å²) in [5, 5.41) is 1.14. The molecule has 4 nitrogen and oxygen atoms in total. The van der Waals surface area contributed by atoms with E-state index in [9.17, 15) is 0 Å². The highest BCUT2D eigenvalue weighted by atomic mass is 16.5. The molecule has 3 aromatic rings. The van der Waals surface area contributed by atoms with Gasteiger partial charge in [-0.1, -0.05) is 18.2 Å². The summed E-state index contributed by atoms with van der Waals surface area (Å²) in [5.74, 6) is 0.858. The number of para-hydroxylation sites is 1.